The molecule has 1 amide bonds. The molecule has 1 atom stereocenters. The van der Waals surface area contributed by atoms with Crippen molar-refractivity contribution in [3.8, 4) is 11.5 Å². The van der Waals surface area contributed by atoms with Gasteiger partial charge in [-0.25, -0.2) is 0 Å². The Hall–Kier alpha value is -1.60. The predicted molar refractivity (Wildman–Crippen MR) is 89.5 cm³/mol. The zero-order chi connectivity index (χ0) is 17.1. The van der Waals surface area contributed by atoms with Crippen LogP contribution >= 0.6 is 12.4 Å². The summed E-state index contributed by atoms with van der Waals surface area (Å²) >= 11 is 0. The summed E-state index contributed by atoms with van der Waals surface area (Å²) in [5.41, 5.74) is 0.183. The summed E-state index contributed by atoms with van der Waals surface area (Å²) in [5.74, 6) is 0.0104. The molecule has 4 heterocycles. The molecular formula is C17H21ClF2N2O3. The third-order valence-corrected chi connectivity index (χ3v) is 5.54. The van der Waals surface area contributed by atoms with Crippen LogP contribution in [-0.2, 0) is 0 Å². The highest BCUT2D eigenvalue weighted by molar-refractivity contribution is 5.95. The lowest BCUT2D eigenvalue weighted by Gasteiger charge is -2.56. The Bertz CT molecular complexity index is 690. The summed E-state index contributed by atoms with van der Waals surface area (Å²) in [5, 5.41) is 3.10. The van der Waals surface area contributed by atoms with Crippen LogP contribution in [0, 0.1) is 5.92 Å². The van der Waals surface area contributed by atoms with Gasteiger partial charge in [-0.05, 0) is 63.9 Å². The predicted octanol–water partition coefficient (Wildman–Crippen LogP) is 3.03. The van der Waals surface area contributed by atoms with Crippen LogP contribution in [-0.4, -0.2) is 41.8 Å². The lowest BCUT2D eigenvalue weighted by Crippen LogP contribution is -2.69. The van der Waals surface area contributed by atoms with E-state index in [-0.39, 0.29) is 41.4 Å². The molecule has 3 saturated heterocycles. The van der Waals surface area contributed by atoms with E-state index in [0.29, 0.717) is 11.5 Å². The van der Waals surface area contributed by atoms with Crippen molar-refractivity contribution in [3.05, 3.63) is 23.8 Å². The maximum atomic E-state index is 13.1. The molecule has 0 radical (unpaired) electrons. The molecule has 5 rings (SSSR count). The fourth-order valence-electron chi connectivity index (χ4n) is 4.19. The molecule has 8 heteroatoms. The molecule has 4 aliphatic rings. The van der Waals surface area contributed by atoms with E-state index in [4.69, 9.17) is 0 Å². The van der Waals surface area contributed by atoms with Gasteiger partial charge >= 0.3 is 6.29 Å². The van der Waals surface area contributed by atoms with Crippen molar-refractivity contribution in [1.82, 2.24) is 10.2 Å². The minimum atomic E-state index is -3.67. The van der Waals surface area contributed by atoms with E-state index in [0.717, 1.165) is 25.9 Å². The van der Waals surface area contributed by atoms with Crippen LogP contribution in [0.1, 0.15) is 37.0 Å². The Morgan fingerprint density at radius 3 is 2.48 bits per heavy atom. The van der Waals surface area contributed by atoms with Gasteiger partial charge in [0.2, 0.25) is 0 Å². The molecule has 138 valence electrons. The molecule has 0 unspecified atom stereocenters. The molecule has 4 aliphatic heterocycles. The van der Waals surface area contributed by atoms with Crippen molar-refractivity contribution in [3.63, 3.8) is 0 Å². The molecule has 3 fully saturated rings. The minimum absolute atomic E-state index is 0. The molecule has 0 saturated carbocycles. The highest BCUT2D eigenvalue weighted by Crippen LogP contribution is 2.42. The Kier molecular flexibility index (Phi) is 4.36. The van der Waals surface area contributed by atoms with Gasteiger partial charge in [0.25, 0.3) is 5.91 Å². The van der Waals surface area contributed by atoms with Crippen LogP contribution in [0.3, 0.4) is 0 Å². The van der Waals surface area contributed by atoms with Crippen LogP contribution < -0.4 is 14.8 Å². The van der Waals surface area contributed by atoms with E-state index in [9.17, 15) is 13.6 Å². The van der Waals surface area contributed by atoms with Crippen LogP contribution in [0.25, 0.3) is 0 Å². The van der Waals surface area contributed by atoms with Crippen LogP contribution in [0.4, 0.5) is 8.78 Å². The van der Waals surface area contributed by atoms with Gasteiger partial charge in [0.1, 0.15) is 0 Å². The van der Waals surface area contributed by atoms with Gasteiger partial charge in [0, 0.05) is 17.1 Å². The lowest BCUT2D eigenvalue weighted by molar-refractivity contribution is -0.286. The normalized spacial score (nSPS) is 30.5. The number of carbonyl (C=O) groups is 1. The van der Waals surface area contributed by atoms with Gasteiger partial charge in [-0.1, -0.05) is 0 Å². The third-order valence-electron chi connectivity index (χ3n) is 5.54. The van der Waals surface area contributed by atoms with Crippen molar-refractivity contribution < 1.29 is 23.0 Å². The van der Waals surface area contributed by atoms with Gasteiger partial charge in [-0.2, -0.15) is 0 Å². The number of hydrogen-bond donors (Lipinski definition) is 1. The van der Waals surface area contributed by atoms with Crippen LogP contribution in [0.2, 0.25) is 0 Å². The van der Waals surface area contributed by atoms with Gasteiger partial charge in [-0.15, -0.1) is 21.2 Å². The molecule has 1 N–H and O–H groups in total. The zero-order valence-corrected chi connectivity index (χ0v) is 14.9. The standard InChI is InChI=1S/C17H20F2N2O3.ClH/c1-16(2)14(10-5-7-21(16)8-6-10)20-15(22)11-3-4-12-13(9-11)24-17(18,19)23-12;/h3-4,9-10,14H,5-8H2,1-2H3,(H,20,22);1H/t14-;/m1./s1. The number of benzene rings is 1. The van der Waals surface area contributed by atoms with Crippen molar-refractivity contribution in [2.45, 2.75) is 44.6 Å². The number of halogens is 3. The maximum Gasteiger partial charge on any atom is 0.586 e. The minimum Gasteiger partial charge on any atom is -0.395 e. The number of amides is 1. The third kappa shape index (κ3) is 3.04. The number of carbonyl (C=O) groups excluding carboxylic acids is 1. The Morgan fingerprint density at radius 2 is 1.84 bits per heavy atom. The number of nitrogens with one attached hydrogen (secondary N) is 1. The monoisotopic (exact) mass is 374 g/mol. The summed E-state index contributed by atoms with van der Waals surface area (Å²) in [6.45, 7) is 6.40. The van der Waals surface area contributed by atoms with E-state index in [1.165, 1.54) is 18.2 Å². The van der Waals surface area contributed by atoms with Gasteiger partial charge < -0.3 is 14.8 Å². The molecule has 25 heavy (non-hydrogen) atoms. The first-order chi connectivity index (χ1) is 11.3. The first-order valence-corrected chi connectivity index (χ1v) is 8.22. The number of fused-ring (bicyclic) bond motifs is 4. The average molecular weight is 375 g/mol. The molecule has 1 aromatic rings. The van der Waals surface area contributed by atoms with E-state index < -0.39 is 6.29 Å². The van der Waals surface area contributed by atoms with E-state index in [1.807, 2.05) is 0 Å². The lowest BCUT2D eigenvalue weighted by atomic mass is 9.72. The van der Waals surface area contributed by atoms with Crippen molar-refractivity contribution in [2.75, 3.05) is 13.1 Å². The molecule has 0 aromatic heterocycles. The second-order valence-electron chi connectivity index (χ2n) is 7.26. The second-order valence-corrected chi connectivity index (χ2v) is 7.26. The molecular weight excluding hydrogens is 354 g/mol. The smallest absolute Gasteiger partial charge is 0.395 e. The highest BCUT2D eigenvalue weighted by Gasteiger charge is 2.48. The molecule has 1 aromatic carbocycles. The topological polar surface area (TPSA) is 50.8 Å². The summed E-state index contributed by atoms with van der Waals surface area (Å²) in [6.07, 6.45) is -1.53. The first kappa shape index (κ1) is 18.2. The first-order valence-electron chi connectivity index (χ1n) is 8.22. The largest absolute Gasteiger partial charge is 0.586 e. The molecule has 0 aliphatic carbocycles. The molecule has 0 spiro atoms. The highest BCUT2D eigenvalue weighted by atomic mass is 35.5. The summed E-state index contributed by atoms with van der Waals surface area (Å²) in [6, 6.07) is 4.17. The van der Waals surface area contributed by atoms with Crippen LogP contribution in [0.5, 0.6) is 11.5 Å². The quantitative estimate of drug-likeness (QED) is 0.864. The molecule has 5 nitrogen and oxygen atoms in total. The fourth-order valence-corrected chi connectivity index (χ4v) is 4.19. The summed E-state index contributed by atoms with van der Waals surface area (Å²) in [4.78, 5) is 15.0. The zero-order valence-electron chi connectivity index (χ0n) is 14.1. The van der Waals surface area contributed by atoms with Gasteiger partial charge in [0.15, 0.2) is 11.5 Å². The fraction of sp³-hybridized carbons (Fsp3) is 0.588. The summed E-state index contributed by atoms with van der Waals surface area (Å²) in [7, 11) is 0. The Morgan fingerprint density at radius 1 is 1.20 bits per heavy atom. The van der Waals surface area contributed by atoms with E-state index in [1.54, 1.807) is 0 Å². The molecule has 2 bridgehead atoms. The number of ether oxygens (including phenoxy) is 2. The van der Waals surface area contributed by atoms with E-state index >= 15 is 0 Å². The average Bonchev–Trinajstić information content (AvgIpc) is 2.83. The van der Waals surface area contributed by atoms with Gasteiger partial charge in [0.05, 0.1) is 0 Å². The van der Waals surface area contributed by atoms with Gasteiger partial charge in [-0.3, -0.25) is 9.69 Å². The van der Waals surface area contributed by atoms with Crippen molar-refractivity contribution in [1.29, 1.82) is 0 Å². The van der Waals surface area contributed by atoms with Crippen LogP contribution in [0.15, 0.2) is 18.2 Å². The Labute approximate surface area is 151 Å². The number of alkyl halides is 2. The number of nitrogens with zero attached hydrogens (tertiary/aromatic N) is 1. The number of rotatable bonds is 2. The Balaban J connectivity index is 0.00000182. The van der Waals surface area contributed by atoms with E-state index in [2.05, 4.69) is 33.5 Å². The second kappa shape index (κ2) is 5.99. The number of hydrogen-bond acceptors (Lipinski definition) is 4. The summed E-state index contributed by atoms with van der Waals surface area (Å²) < 4.78 is 35.0. The maximum absolute atomic E-state index is 13.1. The SMILES string of the molecule is CC1(C)[C@H](NC(=O)c2ccc3c(c2)OC(F)(F)O3)C2CCN1CC2.Cl. The number of piperidine rings is 3. The van der Waals surface area contributed by atoms with Crippen molar-refractivity contribution >= 4 is 18.3 Å². The van der Waals surface area contributed by atoms with Crippen molar-refractivity contribution in [2.24, 2.45) is 5.92 Å².